The average molecular weight is 363 g/mol. The maximum atomic E-state index is 12.9. The molecular formula is C15H18BrF3N2. The van der Waals surface area contributed by atoms with Crippen LogP contribution >= 0.6 is 15.9 Å². The van der Waals surface area contributed by atoms with Crippen molar-refractivity contribution in [1.29, 1.82) is 0 Å². The van der Waals surface area contributed by atoms with Crippen LogP contribution in [-0.4, -0.2) is 31.1 Å². The summed E-state index contributed by atoms with van der Waals surface area (Å²) in [7, 11) is 0. The molecule has 1 aromatic rings. The van der Waals surface area contributed by atoms with Crippen molar-refractivity contribution in [3.8, 4) is 0 Å². The molecule has 6 heteroatoms. The van der Waals surface area contributed by atoms with E-state index in [1.807, 2.05) is 0 Å². The third-order valence-electron chi connectivity index (χ3n) is 4.54. The van der Waals surface area contributed by atoms with Crippen LogP contribution in [0.3, 0.4) is 0 Å². The first-order chi connectivity index (χ1) is 9.86. The van der Waals surface area contributed by atoms with Gasteiger partial charge in [-0.3, -0.25) is 4.90 Å². The summed E-state index contributed by atoms with van der Waals surface area (Å²) < 4.78 is 39.1. The number of rotatable bonds is 2. The Morgan fingerprint density at radius 2 is 2.05 bits per heavy atom. The molecule has 0 saturated carbocycles. The van der Waals surface area contributed by atoms with Crippen LogP contribution in [0, 0.1) is 5.41 Å². The van der Waals surface area contributed by atoms with Gasteiger partial charge in [0.2, 0.25) is 0 Å². The molecular weight excluding hydrogens is 345 g/mol. The zero-order valence-electron chi connectivity index (χ0n) is 11.6. The SMILES string of the molecule is FC(F)(F)c1cc(Br)cc(CN2CCC3(CCNC3)C2)c1. The van der Waals surface area contributed by atoms with Gasteiger partial charge >= 0.3 is 6.18 Å². The molecule has 1 N–H and O–H groups in total. The highest BCUT2D eigenvalue weighted by atomic mass is 79.9. The molecule has 3 rings (SSSR count). The molecule has 0 amide bonds. The number of nitrogens with one attached hydrogen (secondary N) is 1. The van der Waals surface area contributed by atoms with Crippen molar-refractivity contribution < 1.29 is 13.2 Å². The van der Waals surface area contributed by atoms with Crippen LogP contribution in [0.25, 0.3) is 0 Å². The van der Waals surface area contributed by atoms with Gasteiger partial charge < -0.3 is 5.32 Å². The predicted octanol–water partition coefficient (Wildman–Crippen LogP) is 3.65. The molecule has 0 aliphatic carbocycles. The normalized spacial score (nSPS) is 26.9. The Bertz CT molecular complexity index is 524. The van der Waals surface area contributed by atoms with Gasteiger partial charge in [0.1, 0.15) is 0 Å². The number of benzene rings is 1. The van der Waals surface area contributed by atoms with Crippen LogP contribution in [0.5, 0.6) is 0 Å². The van der Waals surface area contributed by atoms with E-state index in [1.54, 1.807) is 6.07 Å². The number of hydrogen-bond acceptors (Lipinski definition) is 2. The lowest BCUT2D eigenvalue weighted by Crippen LogP contribution is -2.29. The second kappa shape index (κ2) is 5.56. The zero-order chi connectivity index (χ0) is 15.1. The van der Waals surface area contributed by atoms with Crippen molar-refractivity contribution in [2.75, 3.05) is 26.2 Å². The monoisotopic (exact) mass is 362 g/mol. The summed E-state index contributed by atoms with van der Waals surface area (Å²) in [4.78, 5) is 2.27. The van der Waals surface area contributed by atoms with Crippen LogP contribution in [0.4, 0.5) is 13.2 Å². The van der Waals surface area contributed by atoms with Crippen LogP contribution in [0.15, 0.2) is 22.7 Å². The Morgan fingerprint density at radius 3 is 2.71 bits per heavy atom. The Morgan fingerprint density at radius 1 is 1.24 bits per heavy atom. The van der Waals surface area contributed by atoms with Gasteiger partial charge in [0.15, 0.2) is 0 Å². The Labute approximate surface area is 130 Å². The molecule has 2 fully saturated rings. The van der Waals surface area contributed by atoms with Gasteiger partial charge in [-0.25, -0.2) is 0 Å². The molecule has 1 unspecified atom stereocenters. The van der Waals surface area contributed by atoms with Crippen LogP contribution < -0.4 is 5.32 Å². The van der Waals surface area contributed by atoms with Gasteiger partial charge in [-0.15, -0.1) is 0 Å². The number of hydrogen-bond donors (Lipinski definition) is 1. The van der Waals surface area contributed by atoms with Crippen molar-refractivity contribution in [3.63, 3.8) is 0 Å². The molecule has 0 aromatic heterocycles. The van der Waals surface area contributed by atoms with E-state index in [1.165, 1.54) is 12.5 Å². The molecule has 1 spiro atoms. The summed E-state index contributed by atoms with van der Waals surface area (Å²) in [6.07, 6.45) is -1.98. The Hall–Kier alpha value is -0.590. The highest BCUT2D eigenvalue weighted by Crippen LogP contribution is 2.37. The van der Waals surface area contributed by atoms with E-state index in [4.69, 9.17) is 0 Å². The van der Waals surface area contributed by atoms with E-state index in [-0.39, 0.29) is 0 Å². The lowest BCUT2D eigenvalue weighted by Gasteiger charge is -2.23. The first kappa shape index (κ1) is 15.3. The van der Waals surface area contributed by atoms with Gasteiger partial charge in [-0.05, 0) is 55.1 Å². The third kappa shape index (κ3) is 3.43. The third-order valence-corrected chi connectivity index (χ3v) is 5.00. The Balaban J connectivity index is 1.72. The lowest BCUT2D eigenvalue weighted by molar-refractivity contribution is -0.137. The van der Waals surface area contributed by atoms with Crippen LogP contribution in [0.1, 0.15) is 24.0 Å². The average Bonchev–Trinajstić information content (AvgIpc) is 2.99. The number of halogens is 4. The van der Waals surface area contributed by atoms with E-state index in [2.05, 4.69) is 26.1 Å². The second-order valence-electron chi connectivity index (χ2n) is 6.23. The summed E-state index contributed by atoms with van der Waals surface area (Å²) >= 11 is 3.19. The van der Waals surface area contributed by atoms with Crippen molar-refractivity contribution in [3.05, 3.63) is 33.8 Å². The fourth-order valence-corrected chi connectivity index (χ4v) is 4.01. The highest BCUT2D eigenvalue weighted by Gasteiger charge is 2.40. The summed E-state index contributed by atoms with van der Waals surface area (Å²) in [5.41, 5.74) is 0.488. The van der Waals surface area contributed by atoms with Crippen LogP contribution in [-0.2, 0) is 12.7 Å². The van der Waals surface area contributed by atoms with Crippen molar-refractivity contribution in [2.24, 2.45) is 5.41 Å². The molecule has 116 valence electrons. The minimum Gasteiger partial charge on any atom is -0.316 e. The molecule has 1 aromatic carbocycles. The smallest absolute Gasteiger partial charge is 0.316 e. The highest BCUT2D eigenvalue weighted by molar-refractivity contribution is 9.10. The molecule has 2 aliphatic heterocycles. The van der Waals surface area contributed by atoms with Gasteiger partial charge in [-0.1, -0.05) is 15.9 Å². The van der Waals surface area contributed by atoms with Crippen molar-refractivity contribution in [2.45, 2.75) is 25.6 Å². The fourth-order valence-electron chi connectivity index (χ4n) is 3.47. The van der Waals surface area contributed by atoms with E-state index >= 15 is 0 Å². The topological polar surface area (TPSA) is 15.3 Å². The van der Waals surface area contributed by atoms with E-state index in [0.717, 1.165) is 44.2 Å². The minimum atomic E-state index is -4.29. The maximum Gasteiger partial charge on any atom is 0.416 e. The molecule has 2 saturated heterocycles. The lowest BCUT2D eigenvalue weighted by atomic mass is 9.86. The van der Waals surface area contributed by atoms with Crippen LogP contribution in [0.2, 0.25) is 0 Å². The summed E-state index contributed by atoms with van der Waals surface area (Å²) in [6, 6.07) is 4.19. The standard InChI is InChI=1S/C15H18BrF3N2/c16-13-6-11(5-12(7-13)15(17,18)19)8-21-4-2-14(10-21)1-3-20-9-14/h5-7,20H,1-4,8-10H2. The zero-order valence-corrected chi connectivity index (χ0v) is 13.2. The predicted molar refractivity (Wildman–Crippen MR) is 79.0 cm³/mol. The number of nitrogens with zero attached hydrogens (tertiary/aromatic N) is 1. The Kier molecular flexibility index (Phi) is 4.05. The largest absolute Gasteiger partial charge is 0.416 e. The number of alkyl halides is 3. The summed E-state index contributed by atoms with van der Waals surface area (Å²) in [5, 5.41) is 3.39. The van der Waals surface area contributed by atoms with Gasteiger partial charge in [-0.2, -0.15) is 13.2 Å². The summed E-state index contributed by atoms with van der Waals surface area (Å²) in [6.45, 7) is 4.63. The number of likely N-dealkylation sites (tertiary alicyclic amines) is 1. The van der Waals surface area contributed by atoms with E-state index < -0.39 is 11.7 Å². The van der Waals surface area contributed by atoms with Gasteiger partial charge in [0.25, 0.3) is 0 Å². The quantitative estimate of drug-likeness (QED) is 0.863. The first-order valence-electron chi connectivity index (χ1n) is 7.16. The van der Waals surface area contributed by atoms with E-state index in [9.17, 15) is 13.2 Å². The maximum absolute atomic E-state index is 12.9. The van der Waals surface area contributed by atoms with Gasteiger partial charge in [0, 0.05) is 24.1 Å². The molecule has 1 atom stereocenters. The summed E-state index contributed by atoms with van der Waals surface area (Å²) in [5.74, 6) is 0. The molecule has 2 heterocycles. The minimum absolute atomic E-state index is 0.346. The molecule has 0 radical (unpaired) electrons. The molecule has 2 nitrogen and oxygen atoms in total. The van der Waals surface area contributed by atoms with Crippen molar-refractivity contribution in [1.82, 2.24) is 10.2 Å². The van der Waals surface area contributed by atoms with E-state index in [0.29, 0.717) is 16.4 Å². The molecule has 21 heavy (non-hydrogen) atoms. The second-order valence-corrected chi connectivity index (χ2v) is 7.15. The fraction of sp³-hybridized carbons (Fsp3) is 0.600. The molecule has 0 bridgehead atoms. The van der Waals surface area contributed by atoms with Gasteiger partial charge in [0.05, 0.1) is 5.56 Å². The van der Waals surface area contributed by atoms with Crippen molar-refractivity contribution >= 4 is 15.9 Å². The molecule has 2 aliphatic rings. The first-order valence-corrected chi connectivity index (χ1v) is 7.95.